The topological polar surface area (TPSA) is 68.3 Å². The van der Waals surface area contributed by atoms with Crippen molar-refractivity contribution in [3.8, 4) is 0 Å². The second-order valence-electron chi connectivity index (χ2n) is 5.21. The summed E-state index contributed by atoms with van der Waals surface area (Å²) in [6.07, 6.45) is 3.47. The first-order valence-corrected chi connectivity index (χ1v) is 7.24. The van der Waals surface area contributed by atoms with Gasteiger partial charge in [0.15, 0.2) is 0 Å². The summed E-state index contributed by atoms with van der Waals surface area (Å²) in [5.41, 5.74) is 0.959. The number of carboxylic acids is 1. The molecule has 1 N–H and O–H groups in total. The summed E-state index contributed by atoms with van der Waals surface area (Å²) in [7, 11) is 3.14. The molecule has 4 atom stereocenters. The monoisotopic (exact) mass is 346 g/mol. The number of methoxy groups -OCH3 is 2. The Morgan fingerprint density at radius 3 is 2.60 bits per heavy atom. The van der Waals surface area contributed by atoms with E-state index in [2.05, 4.69) is 15.9 Å². The van der Waals surface area contributed by atoms with Crippen molar-refractivity contribution in [1.82, 2.24) is 0 Å². The Labute approximate surface area is 126 Å². The number of carbonyl (C=O) groups is 1. The Morgan fingerprint density at radius 2 is 2.10 bits per heavy atom. The maximum atomic E-state index is 11.0. The van der Waals surface area contributed by atoms with Crippen LogP contribution in [-0.2, 0) is 19.0 Å². The van der Waals surface area contributed by atoms with Gasteiger partial charge in [-0.3, -0.25) is 4.79 Å². The fraction of sp³-hybridized carbons (Fsp3) is 0.643. The third kappa shape index (κ3) is 2.57. The van der Waals surface area contributed by atoms with E-state index in [1.54, 1.807) is 21.1 Å². The molecule has 1 saturated heterocycles. The number of allylic oxidation sites excluding steroid dienone is 1. The zero-order valence-electron chi connectivity index (χ0n) is 11.9. The Balaban J connectivity index is 2.26. The van der Waals surface area contributed by atoms with Crippen LogP contribution in [-0.4, -0.2) is 43.3 Å². The molecule has 0 aromatic carbocycles. The lowest BCUT2D eigenvalue weighted by Gasteiger charge is -2.29. The summed E-state index contributed by atoms with van der Waals surface area (Å²) >= 11 is 3.50. The summed E-state index contributed by atoms with van der Waals surface area (Å²) in [5, 5.41) is 9.06. The van der Waals surface area contributed by atoms with Crippen molar-refractivity contribution >= 4 is 21.9 Å². The SMILES string of the molecule is COC1(OC)C=C(Br)/C(=C\[C@H](C)[C@H](C)C(=O)O)[C@@H]2O[C@@H]21. The summed E-state index contributed by atoms with van der Waals surface area (Å²) in [4.78, 5) is 11.0. The highest BCUT2D eigenvalue weighted by Crippen LogP contribution is 2.49. The van der Waals surface area contributed by atoms with Gasteiger partial charge in [-0.1, -0.05) is 35.9 Å². The maximum Gasteiger partial charge on any atom is 0.306 e. The molecule has 0 spiro atoms. The van der Waals surface area contributed by atoms with E-state index in [0.717, 1.165) is 10.1 Å². The second kappa shape index (κ2) is 5.60. The molecule has 1 heterocycles. The van der Waals surface area contributed by atoms with Crippen LogP contribution in [0.1, 0.15) is 13.8 Å². The first-order chi connectivity index (χ1) is 9.36. The van der Waals surface area contributed by atoms with Crippen molar-refractivity contribution in [3.05, 3.63) is 22.2 Å². The maximum absolute atomic E-state index is 11.0. The van der Waals surface area contributed by atoms with Crippen molar-refractivity contribution in [2.24, 2.45) is 11.8 Å². The molecule has 0 aromatic rings. The van der Waals surface area contributed by atoms with Crippen LogP contribution < -0.4 is 0 Å². The van der Waals surface area contributed by atoms with Gasteiger partial charge in [-0.2, -0.15) is 0 Å². The van der Waals surface area contributed by atoms with E-state index in [1.807, 2.05) is 19.1 Å². The number of halogens is 1. The average molecular weight is 347 g/mol. The highest BCUT2D eigenvalue weighted by Gasteiger charge is 2.60. The van der Waals surface area contributed by atoms with E-state index in [1.165, 1.54) is 0 Å². The van der Waals surface area contributed by atoms with Crippen LogP contribution in [0.5, 0.6) is 0 Å². The number of hydrogen-bond acceptors (Lipinski definition) is 4. The lowest BCUT2D eigenvalue weighted by molar-refractivity contribution is -0.183. The van der Waals surface area contributed by atoms with E-state index in [-0.39, 0.29) is 18.1 Å². The molecule has 112 valence electrons. The number of ether oxygens (including phenoxy) is 3. The van der Waals surface area contributed by atoms with Crippen LogP contribution in [0.4, 0.5) is 0 Å². The third-order valence-electron chi connectivity index (χ3n) is 4.06. The van der Waals surface area contributed by atoms with Crippen LogP contribution in [0.25, 0.3) is 0 Å². The van der Waals surface area contributed by atoms with E-state index in [4.69, 9.17) is 19.3 Å². The molecule has 1 fully saturated rings. The Hall–Kier alpha value is -0.690. The van der Waals surface area contributed by atoms with Gasteiger partial charge in [0.1, 0.15) is 12.2 Å². The molecule has 0 saturated carbocycles. The molecular formula is C14H19BrO5. The molecule has 0 aromatic heterocycles. The molecule has 2 rings (SSSR count). The van der Waals surface area contributed by atoms with Gasteiger partial charge in [0.2, 0.25) is 5.79 Å². The minimum atomic E-state index is -0.873. The average Bonchev–Trinajstić information content (AvgIpc) is 3.21. The van der Waals surface area contributed by atoms with Gasteiger partial charge in [-0.05, 0) is 17.6 Å². The molecule has 20 heavy (non-hydrogen) atoms. The number of fused-ring (bicyclic) bond motifs is 1. The quantitative estimate of drug-likeness (QED) is 0.611. The van der Waals surface area contributed by atoms with E-state index >= 15 is 0 Å². The van der Waals surface area contributed by atoms with Crippen LogP contribution in [0, 0.1) is 11.8 Å². The minimum Gasteiger partial charge on any atom is -0.481 e. The standard InChI is InChI=1S/C14H19BrO5/c1-7(8(2)13(16)17)5-9-10(15)6-14(18-3,19-4)12-11(9)20-12/h5-8,11-12H,1-4H3,(H,16,17)/b9-5+/t7-,8-,11-,12-/m0/s1. The Morgan fingerprint density at radius 1 is 1.50 bits per heavy atom. The molecule has 0 radical (unpaired) electrons. The van der Waals surface area contributed by atoms with Crippen molar-refractivity contribution < 1.29 is 24.1 Å². The predicted molar refractivity (Wildman–Crippen MR) is 76.5 cm³/mol. The van der Waals surface area contributed by atoms with Gasteiger partial charge in [-0.15, -0.1) is 0 Å². The summed E-state index contributed by atoms with van der Waals surface area (Å²) in [5.74, 6) is -2.22. The fourth-order valence-corrected chi connectivity index (χ4v) is 3.07. The first-order valence-electron chi connectivity index (χ1n) is 6.45. The molecule has 0 unspecified atom stereocenters. The molecular weight excluding hydrogens is 328 g/mol. The summed E-state index contributed by atoms with van der Waals surface area (Å²) in [6.45, 7) is 3.59. The number of epoxide rings is 1. The molecule has 1 aliphatic carbocycles. The molecule has 2 aliphatic rings. The largest absolute Gasteiger partial charge is 0.481 e. The van der Waals surface area contributed by atoms with Crippen LogP contribution in [0.15, 0.2) is 22.2 Å². The van der Waals surface area contributed by atoms with Crippen molar-refractivity contribution in [2.75, 3.05) is 14.2 Å². The van der Waals surface area contributed by atoms with Gasteiger partial charge >= 0.3 is 5.97 Å². The number of carboxylic acid groups (broad SMARTS) is 1. The van der Waals surface area contributed by atoms with Gasteiger partial charge in [-0.25, -0.2) is 0 Å². The van der Waals surface area contributed by atoms with Gasteiger partial charge in [0.05, 0.1) is 5.92 Å². The second-order valence-corrected chi connectivity index (χ2v) is 6.06. The highest BCUT2D eigenvalue weighted by molar-refractivity contribution is 9.12. The zero-order chi connectivity index (χ0) is 15.1. The molecule has 6 heteroatoms. The number of hydrogen-bond donors (Lipinski definition) is 1. The van der Waals surface area contributed by atoms with Crippen molar-refractivity contribution in [1.29, 1.82) is 0 Å². The van der Waals surface area contributed by atoms with Crippen LogP contribution in [0.2, 0.25) is 0 Å². The molecule has 1 aliphatic heterocycles. The Kier molecular flexibility index (Phi) is 4.39. The van der Waals surface area contributed by atoms with Crippen LogP contribution >= 0.6 is 15.9 Å². The van der Waals surface area contributed by atoms with Crippen LogP contribution in [0.3, 0.4) is 0 Å². The molecule has 5 nitrogen and oxygen atoms in total. The lowest BCUT2D eigenvalue weighted by Crippen LogP contribution is -2.41. The fourth-order valence-electron chi connectivity index (χ4n) is 2.39. The minimum absolute atomic E-state index is 0.0918. The first kappa shape index (κ1) is 15.7. The van der Waals surface area contributed by atoms with E-state index in [9.17, 15) is 4.79 Å². The summed E-state index contributed by atoms with van der Waals surface area (Å²) in [6, 6.07) is 0. The van der Waals surface area contributed by atoms with E-state index < -0.39 is 17.7 Å². The number of rotatable bonds is 5. The molecule has 0 bridgehead atoms. The zero-order valence-corrected chi connectivity index (χ0v) is 13.5. The summed E-state index contributed by atoms with van der Waals surface area (Å²) < 4.78 is 17.3. The van der Waals surface area contributed by atoms with Gasteiger partial charge < -0.3 is 19.3 Å². The lowest BCUT2D eigenvalue weighted by atomic mass is 9.89. The predicted octanol–water partition coefficient (Wildman–Crippen LogP) is 2.32. The number of aliphatic carboxylic acids is 1. The Bertz CT molecular complexity index is 466. The third-order valence-corrected chi connectivity index (χ3v) is 4.74. The van der Waals surface area contributed by atoms with E-state index in [0.29, 0.717) is 0 Å². The normalized spacial score (nSPS) is 32.2. The molecule has 0 amide bonds. The smallest absolute Gasteiger partial charge is 0.306 e. The van der Waals surface area contributed by atoms with Gasteiger partial charge in [0.25, 0.3) is 0 Å². The van der Waals surface area contributed by atoms with Gasteiger partial charge in [0, 0.05) is 18.7 Å². The van der Waals surface area contributed by atoms with Crippen molar-refractivity contribution in [3.63, 3.8) is 0 Å². The van der Waals surface area contributed by atoms with Crippen molar-refractivity contribution in [2.45, 2.75) is 31.8 Å². The highest BCUT2D eigenvalue weighted by atomic mass is 79.9.